The molecule has 7 atom stereocenters. The van der Waals surface area contributed by atoms with Gasteiger partial charge in [0, 0.05) is 6.42 Å². The molecule has 0 aromatic heterocycles. The number of nitrogens with one attached hydrogen (secondary N) is 1. The molecule has 9 heteroatoms. The molecule has 7 unspecified atom stereocenters. The van der Waals surface area contributed by atoms with Crippen LogP contribution in [0.1, 0.15) is 322 Å². The predicted octanol–water partition coefficient (Wildman–Crippen LogP) is 16.5. The lowest BCUT2D eigenvalue weighted by Gasteiger charge is -2.40. The summed E-state index contributed by atoms with van der Waals surface area (Å²) in [4.78, 5) is 13.1. The molecule has 0 aromatic rings. The van der Waals surface area contributed by atoms with Gasteiger partial charge in [-0.2, -0.15) is 0 Å². The van der Waals surface area contributed by atoms with Crippen LogP contribution in [0.15, 0.2) is 24.3 Å². The maximum absolute atomic E-state index is 13.1. The smallest absolute Gasteiger partial charge is 0.220 e. The topological polar surface area (TPSA) is 149 Å². The number of rotatable bonds is 56. The van der Waals surface area contributed by atoms with E-state index in [-0.39, 0.29) is 12.5 Å². The normalized spacial score (nSPS) is 19.1. The Bertz CT molecular complexity index is 1200. The Hall–Kier alpha value is -1.33. The van der Waals surface area contributed by atoms with Crippen LogP contribution in [0, 0.1) is 0 Å². The number of carbonyl (C=O) groups excluding carboxylic acids is 1. The Morgan fingerprint density at radius 1 is 0.466 bits per heavy atom. The molecule has 1 aliphatic heterocycles. The van der Waals surface area contributed by atoms with E-state index in [2.05, 4.69) is 43.5 Å². The predicted molar refractivity (Wildman–Crippen MR) is 309 cm³/mol. The number of ether oxygens (including phenoxy) is 2. The van der Waals surface area contributed by atoms with Gasteiger partial charge >= 0.3 is 0 Å². The van der Waals surface area contributed by atoms with E-state index in [4.69, 9.17) is 9.47 Å². The lowest BCUT2D eigenvalue weighted by molar-refractivity contribution is -0.302. The molecule has 1 rings (SSSR count). The van der Waals surface area contributed by atoms with E-state index >= 15 is 0 Å². The Labute approximate surface area is 451 Å². The van der Waals surface area contributed by atoms with Crippen LogP contribution in [0.2, 0.25) is 0 Å². The fourth-order valence-corrected chi connectivity index (χ4v) is 10.5. The average molecular weight is 1030 g/mol. The summed E-state index contributed by atoms with van der Waals surface area (Å²) in [6, 6.07) is -0.717. The first-order chi connectivity index (χ1) is 35.8. The first-order valence-corrected chi connectivity index (χ1v) is 32.0. The van der Waals surface area contributed by atoms with Gasteiger partial charge in [0.05, 0.1) is 25.4 Å². The second-order valence-electron chi connectivity index (χ2n) is 22.6. The Morgan fingerprint density at radius 3 is 1.18 bits per heavy atom. The molecule has 0 spiro atoms. The fraction of sp³-hybridized carbons (Fsp3) is 0.922. The zero-order valence-corrected chi connectivity index (χ0v) is 48.2. The highest BCUT2D eigenvalue weighted by Crippen LogP contribution is 2.24. The molecule has 0 saturated carbocycles. The SMILES string of the molecule is CCCCCCC/C=C\C/C=C\CCCCCCCCCCCCCCCCCCCCCC(=O)NC(COC1OC(CO)C(O)C(O)C1O)C(O)CCCCCCCCCCCCCCCCCCCCC. The lowest BCUT2D eigenvalue weighted by Crippen LogP contribution is -2.60. The van der Waals surface area contributed by atoms with Gasteiger partial charge in [0.15, 0.2) is 6.29 Å². The largest absolute Gasteiger partial charge is 0.394 e. The van der Waals surface area contributed by atoms with Crippen LogP contribution in [-0.4, -0.2) is 87.5 Å². The zero-order chi connectivity index (χ0) is 52.9. The van der Waals surface area contributed by atoms with Crippen LogP contribution in [0.5, 0.6) is 0 Å². The Morgan fingerprint density at radius 2 is 0.808 bits per heavy atom. The summed E-state index contributed by atoms with van der Waals surface area (Å²) in [7, 11) is 0. The van der Waals surface area contributed by atoms with Crippen LogP contribution in [0.3, 0.4) is 0 Å². The third-order valence-electron chi connectivity index (χ3n) is 15.6. The molecule has 0 aliphatic carbocycles. The molecule has 9 nitrogen and oxygen atoms in total. The van der Waals surface area contributed by atoms with Crippen LogP contribution in [0.4, 0.5) is 0 Å². The van der Waals surface area contributed by atoms with Gasteiger partial charge in [0.2, 0.25) is 5.91 Å². The first kappa shape index (κ1) is 69.7. The number of aliphatic hydroxyl groups is 5. The number of hydrogen-bond acceptors (Lipinski definition) is 8. The summed E-state index contributed by atoms with van der Waals surface area (Å²) in [5, 5.41) is 54.8. The van der Waals surface area contributed by atoms with E-state index in [1.165, 1.54) is 250 Å². The summed E-state index contributed by atoms with van der Waals surface area (Å²) in [6.07, 6.45) is 62.2. The quantitative estimate of drug-likeness (QED) is 0.0261. The summed E-state index contributed by atoms with van der Waals surface area (Å²) < 4.78 is 11.3. The molecule has 432 valence electrons. The number of hydrogen-bond donors (Lipinski definition) is 6. The standard InChI is InChI=1S/C64H123NO8/c1-3-5-7-9-11-13-15-17-19-21-23-24-25-26-27-28-29-30-31-32-33-34-36-38-40-42-44-46-48-50-52-54-60(68)65-57(56-72-64-63(71)62(70)61(69)59(55-66)73-64)58(67)53-51-49-47-45-43-41-39-37-35-22-20-18-16-14-12-10-8-6-4-2/h15,17,21,23,57-59,61-64,66-67,69-71H,3-14,16,18-20,22,24-56H2,1-2H3,(H,65,68)/b17-15-,23-21-. The molecular formula is C64H123NO8. The van der Waals surface area contributed by atoms with Gasteiger partial charge in [0.1, 0.15) is 24.4 Å². The third-order valence-corrected chi connectivity index (χ3v) is 15.6. The highest BCUT2D eigenvalue weighted by atomic mass is 16.7. The summed E-state index contributed by atoms with van der Waals surface area (Å²) in [5.41, 5.74) is 0. The van der Waals surface area contributed by atoms with Crippen molar-refractivity contribution in [3.05, 3.63) is 24.3 Å². The van der Waals surface area contributed by atoms with Crippen molar-refractivity contribution in [2.24, 2.45) is 0 Å². The Kier molecular flexibility index (Phi) is 51.6. The highest BCUT2D eigenvalue weighted by molar-refractivity contribution is 5.76. The van der Waals surface area contributed by atoms with E-state index in [1.54, 1.807) is 0 Å². The maximum Gasteiger partial charge on any atom is 0.220 e. The molecule has 1 saturated heterocycles. The summed E-state index contributed by atoms with van der Waals surface area (Å²) >= 11 is 0. The minimum absolute atomic E-state index is 0.133. The molecule has 0 aromatic carbocycles. The maximum atomic E-state index is 13.1. The number of amides is 1. The molecule has 1 amide bonds. The lowest BCUT2D eigenvalue weighted by atomic mass is 9.99. The molecular weight excluding hydrogens is 911 g/mol. The Balaban J connectivity index is 2.12. The van der Waals surface area contributed by atoms with Crippen molar-refractivity contribution in [1.82, 2.24) is 5.32 Å². The van der Waals surface area contributed by atoms with Crippen molar-refractivity contribution >= 4 is 5.91 Å². The van der Waals surface area contributed by atoms with Gasteiger partial charge in [-0.1, -0.05) is 295 Å². The van der Waals surface area contributed by atoms with Gasteiger partial charge < -0.3 is 40.3 Å². The fourth-order valence-electron chi connectivity index (χ4n) is 10.5. The first-order valence-electron chi connectivity index (χ1n) is 32.0. The number of carbonyl (C=O) groups is 1. The van der Waals surface area contributed by atoms with Crippen molar-refractivity contribution in [1.29, 1.82) is 0 Å². The van der Waals surface area contributed by atoms with E-state index in [9.17, 15) is 30.3 Å². The monoisotopic (exact) mass is 1030 g/mol. The van der Waals surface area contributed by atoms with Crippen LogP contribution >= 0.6 is 0 Å². The number of unbranched alkanes of at least 4 members (excludes halogenated alkanes) is 42. The molecule has 1 aliphatic rings. The van der Waals surface area contributed by atoms with Crippen molar-refractivity contribution < 1.29 is 39.8 Å². The van der Waals surface area contributed by atoms with Gasteiger partial charge in [-0.15, -0.1) is 0 Å². The van der Waals surface area contributed by atoms with Crippen molar-refractivity contribution in [2.45, 2.75) is 365 Å². The van der Waals surface area contributed by atoms with Gasteiger partial charge in [0.25, 0.3) is 0 Å². The molecule has 1 heterocycles. The van der Waals surface area contributed by atoms with Crippen molar-refractivity contribution in [3.8, 4) is 0 Å². The molecule has 73 heavy (non-hydrogen) atoms. The highest BCUT2D eigenvalue weighted by Gasteiger charge is 2.44. The summed E-state index contributed by atoms with van der Waals surface area (Å²) in [5.74, 6) is -0.137. The zero-order valence-electron chi connectivity index (χ0n) is 48.2. The molecule has 0 radical (unpaired) electrons. The van der Waals surface area contributed by atoms with E-state index in [0.29, 0.717) is 12.8 Å². The second-order valence-corrected chi connectivity index (χ2v) is 22.6. The molecule has 1 fully saturated rings. The van der Waals surface area contributed by atoms with Crippen molar-refractivity contribution in [2.75, 3.05) is 13.2 Å². The summed E-state index contributed by atoms with van der Waals surface area (Å²) in [6.45, 7) is 3.87. The van der Waals surface area contributed by atoms with Gasteiger partial charge in [-0.3, -0.25) is 4.79 Å². The number of allylic oxidation sites excluding steroid dienone is 4. The van der Waals surface area contributed by atoms with Crippen LogP contribution in [0.25, 0.3) is 0 Å². The van der Waals surface area contributed by atoms with Crippen molar-refractivity contribution in [3.63, 3.8) is 0 Å². The number of aliphatic hydroxyl groups excluding tert-OH is 5. The van der Waals surface area contributed by atoms with Crippen LogP contribution < -0.4 is 5.32 Å². The average Bonchev–Trinajstić information content (AvgIpc) is 3.39. The van der Waals surface area contributed by atoms with E-state index < -0.39 is 49.5 Å². The minimum atomic E-state index is -1.55. The minimum Gasteiger partial charge on any atom is -0.394 e. The van der Waals surface area contributed by atoms with E-state index in [0.717, 1.165) is 44.9 Å². The molecule has 6 N–H and O–H groups in total. The van der Waals surface area contributed by atoms with Crippen LogP contribution in [-0.2, 0) is 14.3 Å². The van der Waals surface area contributed by atoms with E-state index in [1.807, 2.05) is 0 Å². The van der Waals surface area contributed by atoms with Gasteiger partial charge in [-0.25, -0.2) is 0 Å². The third kappa shape index (κ3) is 43.4. The van der Waals surface area contributed by atoms with Gasteiger partial charge in [-0.05, 0) is 44.9 Å². The second kappa shape index (κ2) is 54.0. The molecule has 0 bridgehead atoms.